The number of benzene rings is 3. The summed E-state index contributed by atoms with van der Waals surface area (Å²) in [5.74, 6) is 0.0958. The van der Waals surface area contributed by atoms with E-state index in [4.69, 9.17) is 4.74 Å². The molecule has 0 spiro atoms. The summed E-state index contributed by atoms with van der Waals surface area (Å²) in [4.78, 5) is 25.3. The molecule has 0 aliphatic carbocycles. The lowest BCUT2D eigenvalue weighted by Gasteiger charge is -2.15. The van der Waals surface area contributed by atoms with Crippen molar-refractivity contribution >= 4 is 17.5 Å². The molecule has 30 heavy (non-hydrogen) atoms. The predicted octanol–water partition coefficient (Wildman–Crippen LogP) is 5.05. The average molecular weight is 402 g/mol. The van der Waals surface area contributed by atoms with Gasteiger partial charge in [0.2, 0.25) is 0 Å². The lowest BCUT2D eigenvalue weighted by molar-refractivity contribution is 0.0940. The summed E-state index contributed by atoms with van der Waals surface area (Å²) < 4.78 is 5.81. The molecule has 0 radical (unpaired) electrons. The van der Waals surface area contributed by atoms with E-state index in [-0.39, 0.29) is 17.9 Å². The van der Waals surface area contributed by atoms with E-state index >= 15 is 0 Å². The van der Waals surface area contributed by atoms with Gasteiger partial charge >= 0.3 is 0 Å². The molecule has 5 nitrogen and oxygen atoms in total. The van der Waals surface area contributed by atoms with Crippen LogP contribution in [0.4, 0.5) is 5.69 Å². The van der Waals surface area contributed by atoms with Gasteiger partial charge in [-0.15, -0.1) is 0 Å². The molecule has 1 atom stereocenters. The van der Waals surface area contributed by atoms with Gasteiger partial charge < -0.3 is 15.4 Å². The van der Waals surface area contributed by atoms with Gasteiger partial charge in [-0.05, 0) is 49.2 Å². The molecule has 2 N–H and O–H groups in total. The summed E-state index contributed by atoms with van der Waals surface area (Å²) in [6, 6.07) is 23.9. The fourth-order valence-electron chi connectivity index (χ4n) is 2.86. The van der Waals surface area contributed by atoms with Gasteiger partial charge in [0.1, 0.15) is 12.4 Å². The van der Waals surface area contributed by atoms with Gasteiger partial charge in [-0.1, -0.05) is 55.5 Å². The fraction of sp³-hybridized carbons (Fsp3) is 0.200. The van der Waals surface area contributed by atoms with Crippen LogP contribution in [0.3, 0.4) is 0 Å². The molecule has 0 bridgehead atoms. The van der Waals surface area contributed by atoms with Crippen LogP contribution >= 0.6 is 0 Å². The number of carbonyl (C=O) groups excluding carboxylic acids is 2. The number of nitrogens with one attached hydrogen (secondary N) is 2. The normalized spacial score (nSPS) is 11.4. The van der Waals surface area contributed by atoms with Crippen molar-refractivity contribution in [2.75, 3.05) is 5.32 Å². The molecule has 0 fully saturated rings. The smallest absolute Gasteiger partial charge is 0.255 e. The monoisotopic (exact) mass is 402 g/mol. The van der Waals surface area contributed by atoms with Crippen LogP contribution in [0, 0.1) is 0 Å². The lowest BCUT2D eigenvalue weighted by Crippen LogP contribution is -2.32. The fourth-order valence-corrected chi connectivity index (χ4v) is 2.86. The van der Waals surface area contributed by atoms with Crippen LogP contribution < -0.4 is 15.4 Å². The van der Waals surface area contributed by atoms with Gasteiger partial charge in [-0.2, -0.15) is 0 Å². The summed E-state index contributed by atoms with van der Waals surface area (Å²) in [5, 5.41) is 5.78. The summed E-state index contributed by atoms with van der Waals surface area (Å²) >= 11 is 0. The van der Waals surface area contributed by atoms with Gasteiger partial charge in [-0.3, -0.25) is 9.59 Å². The van der Waals surface area contributed by atoms with E-state index in [2.05, 4.69) is 10.6 Å². The first-order chi connectivity index (χ1) is 14.6. The first kappa shape index (κ1) is 21.1. The number of carbonyl (C=O) groups is 2. The summed E-state index contributed by atoms with van der Waals surface area (Å²) in [6.45, 7) is 4.37. The Hall–Kier alpha value is -3.60. The summed E-state index contributed by atoms with van der Waals surface area (Å²) in [7, 11) is 0. The molecule has 3 aromatic rings. The Bertz CT molecular complexity index is 1000. The first-order valence-corrected chi connectivity index (χ1v) is 10.0. The molecule has 0 aliphatic heterocycles. The van der Waals surface area contributed by atoms with Crippen molar-refractivity contribution in [3.05, 3.63) is 95.6 Å². The standard InChI is InChI=1S/C25H26N2O3/c1-3-18(2)26-25(29)22-14-7-8-15-23(22)27-24(28)20-12-9-13-21(16-20)30-17-19-10-5-4-6-11-19/h4-16,18H,3,17H2,1-2H3,(H,26,29)(H,27,28). The second kappa shape index (κ2) is 10.3. The van der Waals surface area contributed by atoms with Gasteiger partial charge in [0.05, 0.1) is 11.3 Å². The van der Waals surface area contributed by atoms with Gasteiger partial charge in [0.15, 0.2) is 0 Å². The van der Waals surface area contributed by atoms with Crippen molar-refractivity contribution in [2.24, 2.45) is 0 Å². The van der Waals surface area contributed by atoms with Crippen LogP contribution in [0.25, 0.3) is 0 Å². The van der Waals surface area contributed by atoms with E-state index in [1.165, 1.54) is 0 Å². The SMILES string of the molecule is CCC(C)NC(=O)c1ccccc1NC(=O)c1cccc(OCc2ccccc2)c1. The molecule has 5 heteroatoms. The Morgan fingerprint density at radius 1 is 0.900 bits per heavy atom. The molecule has 154 valence electrons. The number of hydrogen-bond donors (Lipinski definition) is 2. The minimum Gasteiger partial charge on any atom is -0.489 e. The second-order valence-electron chi connectivity index (χ2n) is 7.08. The number of amides is 2. The van der Waals surface area contributed by atoms with E-state index in [9.17, 15) is 9.59 Å². The van der Waals surface area contributed by atoms with E-state index in [1.807, 2.05) is 50.2 Å². The van der Waals surface area contributed by atoms with Crippen molar-refractivity contribution < 1.29 is 14.3 Å². The van der Waals surface area contributed by atoms with Crippen LogP contribution in [0.5, 0.6) is 5.75 Å². The molecule has 2 amide bonds. The quantitative estimate of drug-likeness (QED) is 0.554. The molecular weight excluding hydrogens is 376 g/mol. The summed E-state index contributed by atoms with van der Waals surface area (Å²) in [6.07, 6.45) is 0.829. The van der Waals surface area contributed by atoms with Crippen molar-refractivity contribution in [1.29, 1.82) is 0 Å². The molecular formula is C25H26N2O3. The van der Waals surface area contributed by atoms with Crippen LogP contribution in [0.15, 0.2) is 78.9 Å². The third-order valence-electron chi connectivity index (χ3n) is 4.75. The molecule has 3 aromatic carbocycles. The lowest BCUT2D eigenvalue weighted by atomic mass is 10.1. The van der Waals surface area contributed by atoms with E-state index < -0.39 is 0 Å². The Balaban J connectivity index is 1.70. The minimum absolute atomic E-state index is 0.0553. The number of anilines is 1. The van der Waals surface area contributed by atoms with Crippen LogP contribution in [0.2, 0.25) is 0 Å². The average Bonchev–Trinajstić information content (AvgIpc) is 2.78. The zero-order valence-corrected chi connectivity index (χ0v) is 17.2. The number of para-hydroxylation sites is 1. The first-order valence-electron chi connectivity index (χ1n) is 10.0. The van der Waals surface area contributed by atoms with E-state index in [0.717, 1.165) is 12.0 Å². The zero-order valence-electron chi connectivity index (χ0n) is 17.2. The van der Waals surface area contributed by atoms with Crippen molar-refractivity contribution in [1.82, 2.24) is 5.32 Å². The maximum atomic E-state index is 12.8. The molecule has 0 aromatic heterocycles. The molecule has 0 aliphatic rings. The van der Waals surface area contributed by atoms with E-state index in [0.29, 0.717) is 29.2 Å². The number of hydrogen-bond acceptors (Lipinski definition) is 3. The Kier molecular flexibility index (Phi) is 7.22. The predicted molar refractivity (Wildman–Crippen MR) is 119 cm³/mol. The largest absolute Gasteiger partial charge is 0.489 e. The van der Waals surface area contributed by atoms with Crippen molar-refractivity contribution in [3.63, 3.8) is 0 Å². The highest BCUT2D eigenvalue weighted by Gasteiger charge is 2.15. The minimum atomic E-state index is -0.302. The van der Waals surface area contributed by atoms with Crippen molar-refractivity contribution in [3.8, 4) is 5.75 Å². The molecule has 1 unspecified atom stereocenters. The number of ether oxygens (including phenoxy) is 1. The topological polar surface area (TPSA) is 67.4 Å². The highest BCUT2D eigenvalue weighted by atomic mass is 16.5. The highest BCUT2D eigenvalue weighted by Crippen LogP contribution is 2.19. The maximum absolute atomic E-state index is 12.8. The zero-order chi connectivity index (χ0) is 21.3. The summed E-state index contributed by atoms with van der Waals surface area (Å²) in [5.41, 5.74) is 2.41. The third kappa shape index (κ3) is 5.70. The second-order valence-corrected chi connectivity index (χ2v) is 7.08. The number of rotatable bonds is 8. The van der Waals surface area contributed by atoms with Gasteiger partial charge in [0, 0.05) is 11.6 Å². The van der Waals surface area contributed by atoms with E-state index in [1.54, 1.807) is 42.5 Å². The Labute approximate surface area is 177 Å². The third-order valence-corrected chi connectivity index (χ3v) is 4.75. The molecule has 0 heterocycles. The molecule has 0 saturated heterocycles. The Morgan fingerprint density at radius 2 is 1.63 bits per heavy atom. The van der Waals surface area contributed by atoms with Crippen molar-refractivity contribution in [2.45, 2.75) is 32.9 Å². The maximum Gasteiger partial charge on any atom is 0.255 e. The van der Waals surface area contributed by atoms with Gasteiger partial charge in [-0.25, -0.2) is 0 Å². The van der Waals surface area contributed by atoms with Crippen LogP contribution in [0.1, 0.15) is 46.5 Å². The van der Waals surface area contributed by atoms with Gasteiger partial charge in [0.25, 0.3) is 11.8 Å². The molecule has 0 saturated carbocycles. The van der Waals surface area contributed by atoms with Crippen LogP contribution in [-0.4, -0.2) is 17.9 Å². The Morgan fingerprint density at radius 3 is 2.40 bits per heavy atom. The van der Waals surface area contributed by atoms with Crippen LogP contribution in [-0.2, 0) is 6.61 Å². The molecule has 3 rings (SSSR count). The highest BCUT2D eigenvalue weighted by molar-refractivity contribution is 6.09.